The molecule has 0 saturated carbocycles. The molecular formula is C19H30N6O2. The van der Waals surface area contributed by atoms with E-state index in [1.807, 2.05) is 24.8 Å². The van der Waals surface area contributed by atoms with E-state index in [0.29, 0.717) is 37.7 Å². The van der Waals surface area contributed by atoms with Gasteiger partial charge >= 0.3 is 0 Å². The minimum absolute atomic E-state index is 0.0951. The molecule has 1 aromatic heterocycles. The van der Waals surface area contributed by atoms with Crippen molar-refractivity contribution in [1.82, 2.24) is 20.5 Å². The summed E-state index contributed by atoms with van der Waals surface area (Å²) >= 11 is 0. The highest BCUT2D eigenvalue weighted by atomic mass is 16.2. The van der Waals surface area contributed by atoms with Crippen molar-refractivity contribution >= 4 is 23.6 Å². The van der Waals surface area contributed by atoms with Crippen LogP contribution in [-0.2, 0) is 9.59 Å². The first-order valence-electron chi connectivity index (χ1n) is 9.61. The molecule has 1 saturated heterocycles. The Balaban J connectivity index is 1.67. The molecule has 0 aromatic carbocycles. The van der Waals surface area contributed by atoms with Gasteiger partial charge in [-0.3, -0.25) is 14.6 Å². The number of pyridine rings is 1. The Morgan fingerprint density at radius 1 is 1.33 bits per heavy atom. The first-order chi connectivity index (χ1) is 13.1. The minimum Gasteiger partial charge on any atom is -0.357 e. The van der Waals surface area contributed by atoms with Gasteiger partial charge in [0.2, 0.25) is 11.8 Å². The highest BCUT2D eigenvalue weighted by Gasteiger charge is 2.18. The van der Waals surface area contributed by atoms with E-state index in [-0.39, 0.29) is 11.8 Å². The molecule has 2 heterocycles. The number of aromatic nitrogens is 1. The smallest absolute Gasteiger partial charge is 0.227 e. The predicted octanol–water partition coefficient (Wildman–Crippen LogP) is 1.29. The first-order valence-corrected chi connectivity index (χ1v) is 9.61. The molecule has 1 aliphatic rings. The first kappa shape index (κ1) is 20.7. The molecule has 1 aromatic rings. The van der Waals surface area contributed by atoms with Crippen LogP contribution in [0.5, 0.6) is 0 Å². The van der Waals surface area contributed by atoms with Crippen molar-refractivity contribution in [3.05, 3.63) is 23.9 Å². The van der Waals surface area contributed by atoms with Crippen LogP contribution in [0.3, 0.4) is 0 Å². The van der Waals surface area contributed by atoms with Gasteiger partial charge in [0.15, 0.2) is 5.96 Å². The van der Waals surface area contributed by atoms with Crippen LogP contribution < -0.4 is 16.0 Å². The maximum atomic E-state index is 12.0. The van der Waals surface area contributed by atoms with E-state index in [4.69, 9.17) is 0 Å². The number of amides is 2. The fourth-order valence-corrected chi connectivity index (χ4v) is 2.78. The van der Waals surface area contributed by atoms with Crippen molar-refractivity contribution in [2.45, 2.75) is 39.5 Å². The Labute approximate surface area is 160 Å². The van der Waals surface area contributed by atoms with E-state index in [1.54, 1.807) is 12.3 Å². The summed E-state index contributed by atoms with van der Waals surface area (Å²) in [6.45, 7) is 7.44. The summed E-state index contributed by atoms with van der Waals surface area (Å²) in [5.41, 5.74) is 1.05. The van der Waals surface area contributed by atoms with E-state index in [2.05, 4.69) is 25.9 Å². The van der Waals surface area contributed by atoms with Crippen LogP contribution in [0.2, 0.25) is 0 Å². The van der Waals surface area contributed by atoms with Crippen LogP contribution in [0.1, 0.15) is 38.2 Å². The maximum absolute atomic E-state index is 12.0. The lowest BCUT2D eigenvalue weighted by Gasteiger charge is -2.15. The Morgan fingerprint density at radius 2 is 2.19 bits per heavy atom. The lowest BCUT2D eigenvalue weighted by molar-refractivity contribution is -0.127. The summed E-state index contributed by atoms with van der Waals surface area (Å²) in [4.78, 5) is 34.1. The molecule has 148 valence electrons. The average molecular weight is 374 g/mol. The average Bonchev–Trinajstić information content (AvgIpc) is 3.05. The van der Waals surface area contributed by atoms with E-state index >= 15 is 0 Å². The van der Waals surface area contributed by atoms with E-state index in [9.17, 15) is 9.59 Å². The number of anilines is 1. The van der Waals surface area contributed by atoms with Gasteiger partial charge in [-0.05, 0) is 38.3 Å². The molecule has 0 radical (unpaired) electrons. The third kappa shape index (κ3) is 7.64. The molecule has 0 unspecified atom stereocenters. The van der Waals surface area contributed by atoms with Gasteiger partial charge in [-0.2, -0.15) is 0 Å². The molecule has 0 spiro atoms. The summed E-state index contributed by atoms with van der Waals surface area (Å²) < 4.78 is 0. The Bertz CT molecular complexity index is 644. The summed E-state index contributed by atoms with van der Waals surface area (Å²) in [6, 6.07) is 3.70. The largest absolute Gasteiger partial charge is 0.357 e. The van der Waals surface area contributed by atoms with Crippen LogP contribution in [0.4, 0.5) is 5.82 Å². The standard InChI is InChI=1S/C19H30N6O2/c1-3-20-19(21-10-5-13-25-12-4-6-18(25)27)22-11-9-17(26)24-16-8-7-15(2)14-23-16/h7-8,14H,3-6,9-13H2,1-2H3,(H2,20,21,22)(H,23,24,26). The highest BCUT2D eigenvalue weighted by molar-refractivity contribution is 5.90. The normalized spacial score (nSPS) is 14.4. The third-order valence-electron chi connectivity index (χ3n) is 4.20. The molecule has 0 aliphatic carbocycles. The van der Waals surface area contributed by atoms with Crippen LogP contribution in [0.15, 0.2) is 23.3 Å². The van der Waals surface area contributed by atoms with Crippen LogP contribution >= 0.6 is 0 Å². The number of aryl methyl sites for hydroxylation is 1. The Morgan fingerprint density at radius 3 is 2.85 bits per heavy atom. The zero-order valence-electron chi connectivity index (χ0n) is 16.3. The topological polar surface area (TPSA) is 98.7 Å². The van der Waals surface area contributed by atoms with Crippen molar-refractivity contribution in [1.29, 1.82) is 0 Å². The molecule has 0 atom stereocenters. The maximum Gasteiger partial charge on any atom is 0.227 e. The van der Waals surface area contributed by atoms with Crippen LogP contribution in [0.25, 0.3) is 0 Å². The molecule has 27 heavy (non-hydrogen) atoms. The fourth-order valence-electron chi connectivity index (χ4n) is 2.78. The molecule has 8 heteroatoms. The third-order valence-corrected chi connectivity index (χ3v) is 4.20. The summed E-state index contributed by atoms with van der Waals surface area (Å²) in [7, 11) is 0. The van der Waals surface area contributed by atoms with Gasteiger partial charge in [0.1, 0.15) is 5.82 Å². The van der Waals surface area contributed by atoms with Crippen molar-refractivity contribution < 1.29 is 9.59 Å². The summed E-state index contributed by atoms with van der Waals surface area (Å²) in [5, 5.41) is 9.10. The number of guanidine groups is 1. The van der Waals surface area contributed by atoms with Gasteiger partial charge < -0.3 is 20.9 Å². The second kappa shape index (κ2) is 11.2. The van der Waals surface area contributed by atoms with Crippen molar-refractivity contribution in [2.24, 2.45) is 4.99 Å². The fraction of sp³-hybridized carbons (Fsp3) is 0.579. The number of rotatable bonds is 9. The second-order valence-corrected chi connectivity index (χ2v) is 6.54. The molecule has 2 rings (SSSR count). The number of nitrogens with zero attached hydrogens (tertiary/aromatic N) is 3. The quantitative estimate of drug-likeness (QED) is 0.344. The highest BCUT2D eigenvalue weighted by Crippen LogP contribution is 2.09. The van der Waals surface area contributed by atoms with Gasteiger partial charge in [0.25, 0.3) is 0 Å². The lowest BCUT2D eigenvalue weighted by Crippen LogP contribution is -2.39. The van der Waals surface area contributed by atoms with E-state index in [1.165, 1.54) is 0 Å². The number of hydrogen-bond donors (Lipinski definition) is 3. The molecule has 1 aliphatic heterocycles. The molecular weight excluding hydrogens is 344 g/mol. The number of carbonyl (C=O) groups is 2. The number of hydrogen-bond acceptors (Lipinski definition) is 4. The predicted molar refractivity (Wildman–Crippen MR) is 107 cm³/mol. The molecule has 1 fully saturated rings. The second-order valence-electron chi connectivity index (χ2n) is 6.54. The van der Waals surface area contributed by atoms with Crippen molar-refractivity contribution in [3.8, 4) is 0 Å². The summed E-state index contributed by atoms with van der Waals surface area (Å²) in [5.74, 6) is 1.40. The monoisotopic (exact) mass is 374 g/mol. The number of likely N-dealkylation sites (tertiary alicyclic amines) is 1. The lowest BCUT2D eigenvalue weighted by atomic mass is 10.3. The van der Waals surface area contributed by atoms with Gasteiger partial charge in [-0.25, -0.2) is 4.98 Å². The van der Waals surface area contributed by atoms with Gasteiger partial charge in [0, 0.05) is 51.8 Å². The molecule has 8 nitrogen and oxygen atoms in total. The van der Waals surface area contributed by atoms with E-state index < -0.39 is 0 Å². The number of nitrogens with one attached hydrogen (secondary N) is 3. The molecule has 3 N–H and O–H groups in total. The number of aliphatic imine (C=N–C) groups is 1. The number of carbonyl (C=O) groups excluding carboxylic acids is 2. The van der Waals surface area contributed by atoms with Gasteiger partial charge in [0.05, 0.1) is 0 Å². The minimum atomic E-state index is -0.0951. The molecule has 0 bridgehead atoms. The van der Waals surface area contributed by atoms with Crippen LogP contribution in [-0.4, -0.2) is 60.4 Å². The Kier molecular flexibility index (Phi) is 8.54. The Hall–Kier alpha value is -2.64. The van der Waals surface area contributed by atoms with E-state index in [0.717, 1.165) is 38.0 Å². The SMILES string of the molecule is CCNC(=NCCCN1CCCC1=O)NCCC(=O)Nc1ccc(C)cn1. The van der Waals surface area contributed by atoms with Gasteiger partial charge in [-0.1, -0.05) is 6.07 Å². The van der Waals surface area contributed by atoms with Gasteiger partial charge in [-0.15, -0.1) is 0 Å². The zero-order valence-corrected chi connectivity index (χ0v) is 16.3. The van der Waals surface area contributed by atoms with Crippen molar-refractivity contribution in [3.63, 3.8) is 0 Å². The van der Waals surface area contributed by atoms with Crippen molar-refractivity contribution in [2.75, 3.05) is 38.0 Å². The van der Waals surface area contributed by atoms with Crippen LogP contribution in [0, 0.1) is 6.92 Å². The molecule has 2 amide bonds. The summed E-state index contributed by atoms with van der Waals surface area (Å²) in [6.07, 6.45) is 4.52. The zero-order chi connectivity index (χ0) is 19.5.